The molecule has 1 N–H and O–H groups in total. The van der Waals surface area contributed by atoms with E-state index in [1.165, 1.54) is 24.8 Å². The first kappa shape index (κ1) is 15.0. The van der Waals surface area contributed by atoms with Gasteiger partial charge in [-0.3, -0.25) is 0 Å². The molecule has 1 aromatic carbocycles. The topological polar surface area (TPSA) is 38.7 Å². The summed E-state index contributed by atoms with van der Waals surface area (Å²) in [6.45, 7) is 3.69. The first-order valence-electron chi connectivity index (χ1n) is 6.77. The molecular weight excluding hydrogens is 228 g/mol. The molecule has 18 heavy (non-hydrogen) atoms. The van der Waals surface area contributed by atoms with Crippen LogP contribution in [0, 0.1) is 0 Å². The van der Waals surface area contributed by atoms with Gasteiger partial charge >= 0.3 is 0 Å². The monoisotopic (exact) mass is 252 g/mol. The molecule has 0 fully saturated rings. The Morgan fingerprint density at radius 1 is 1.00 bits per heavy atom. The SMILES string of the molecule is CCCCCc1ccc(OCCOCCO)cc1. The van der Waals surface area contributed by atoms with Gasteiger partial charge in [-0.2, -0.15) is 0 Å². The lowest BCUT2D eigenvalue weighted by molar-refractivity contribution is 0.0705. The molecule has 0 aliphatic carbocycles. The van der Waals surface area contributed by atoms with Crippen LogP contribution in [0.2, 0.25) is 0 Å². The van der Waals surface area contributed by atoms with Crippen LogP contribution >= 0.6 is 0 Å². The Morgan fingerprint density at radius 3 is 2.44 bits per heavy atom. The zero-order chi connectivity index (χ0) is 13.1. The van der Waals surface area contributed by atoms with E-state index in [0.717, 1.165) is 12.2 Å². The quantitative estimate of drug-likeness (QED) is 0.651. The third-order valence-corrected chi connectivity index (χ3v) is 2.72. The molecule has 0 bridgehead atoms. The fourth-order valence-corrected chi connectivity index (χ4v) is 1.72. The van der Waals surface area contributed by atoms with E-state index in [1.807, 2.05) is 12.1 Å². The highest BCUT2D eigenvalue weighted by Crippen LogP contribution is 2.14. The fraction of sp³-hybridized carbons (Fsp3) is 0.600. The Balaban J connectivity index is 2.19. The summed E-state index contributed by atoms with van der Waals surface area (Å²) >= 11 is 0. The predicted molar refractivity (Wildman–Crippen MR) is 73.1 cm³/mol. The summed E-state index contributed by atoms with van der Waals surface area (Å²) in [5.41, 5.74) is 1.37. The first-order chi connectivity index (χ1) is 8.86. The second-order valence-electron chi connectivity index (χ2n) is 4.29. The van der Waals surface area contributed by atoms with Gasteiger partial charge < -0.3 is 14.6 Å². The molecule has 3 heteroatoms. The molecule has 0 spiro atoms. The Kier molecular flexibility index (Phi) is 8.26. The summed E-state index contributed by atoms with van der Waals surface area (Å²) in [6, 6.07) is 8.26. The van der Waals surface area contributed by atoms with Gasteiger partial charge in [0.15, 0.2) is 0 Å². The standard InChI is InChI=1S/C15H24O3/c1-2-3-4-5-14-6-8-15(9-7-14)18-13-12-17-11-10-16/h6-9,16H,2-5,10-13H2,1H3. The van der Waals surface area contributed by atoms with Crippen molar-refractivity contribution in [2.24, 2.45) is 0 Å². The Bertz CT molecular complexity index is 295. The number of hydrogen-bond acceptors (Lipinski definition) is 3. The van der Waals surface area contributed by atoms with E-state index >= 15 is 0 Å². The predicted octanol–water partition coefficient (Wildman–Crippen LogP) is 2.81. The minimum absolute atomic E-state index is 0.0620. The average Bonchev–Trinajstić information content (AvgIpc) is 2.40. The van der Waals surface area contributed by atoms with E-state index in [2.05, 4.69) is 19.1 Å². The van der Waals surface area contributed by atoms with Gasteiger partial charge in [-0.05, 0) is 30.5 Å². The summed E-state index contributed by atoms with van der Waals surface area (Å²) in [5.74, 6) is 0.877. The average molecular weight is 252 g/mol. The van der Waals surface area contributed by atoms with Crippen molar-refractivity contribution in [3.05, 3.63) is 29.8 Å². The van der Waals surface area contributed by atoms with Crippen LogP contribution in [-0.4, -0.2) is 31.5 Å². The fourth-order valence-electron chi connectivity index (χ4n) is 1.72. The molecule has 1 aromatic rings. The van der Waals surface area contributed by atoms with Crippen molar-refractivity contribution < 1.29 is 14.6 Å². The lowest BCUT2D eigenvalue weighted by Crippen LogP contribution is -2.09. The third-order valence-electron chi connectivity index (χ3n) is 2.72. The molecule has 102 valence electrons. The van der Waals surface area contributed by atoms with Crippen molar-refractivity contribution in [1.82, 2.24) is 0 Å². The van der Waals surface area contributed by atoms with Crippen LogP contribution in [0.3, 0.4) is 0 Å². The van der Waals surface area contributed by atoms with E-state index in [4.69, 9.17) is 14.6 Å². The van der Waals surface area contributed by atoms with Gasteiger partial charge in [0, 0.05) is 0 Å². The van der Waals surface area contributed by atoms with Gasteiger partial charge in [-0.15, -0.1) is 0 Å². The van der Waals surface area contributed by atoms with Crippen LogP contribution in [0.1, 0.15) is 31.7 Å². The van der Waals surface area contributed by atoms with E-state index in [1.54, 1.807) is 0 Å². The van der Waals surface area contributed by atoms with Gasteiger partial charge in [-0.25, -0.2) is 0 Å². The van der Waals surface area contributed by atoms with Gasteiger partial charge in [0.25, 0.3) is 0 Å². The van der Waals surface area contributed by atoms with Crippen molar-refractivity contribution >= 4 is 0 Å². The number of benzene rings is 1. The van der Waals surface area contributed by atoms with Crippen LogP contribution in [0.4, 0.5) is 0 Å². The molecule has 0 radical (unpaired) electrons. The van der Waals surface area contributed by atoms with Crippen molar-refractivity contribution in [1.29, 1.82) is 0 Å². The lowest BCUT2D eigenvalue weighted by atomic mass is 10.1. The lowest BCUT2D eigenvalue weighted by Gasteiger charge is -2.07. The summed E-state index contributed by atoms with van der Waals surface area (Å²) in [4.78, 5) is 0. The molecule has 0 aliphatic heterocycles. The molecular formula is C15H24O3. The third kappa shape index (κ3) is 6.62. The molecule has 0 aliphatic rings. The van der Waals surface area contributed by atoms with Crippen molar-refractivity contribution in [2.75, 3.05) is 26.4 Å². The van der Waals surface area contributed by atoms with Crippen LogP contribution < -0.4 is 4.74 Å². The van der Waals surface area contributed by atoms with E-state index < -0.39 is 0 Å². The number of aryl methyl sites for hydroxylation is 1. The number of aliphatic hydroxyl groups is 1. The molecule has 0 atom stereocenters. The van der Waals surface area contributed by atoms with Crippen molar-refractivity contribution in [3.63, 3.8) is 0 Å². The summed E-state index contributed by atoms with van der Waals surface area (Å²) in [7, 11) is 0. The molecule has 0 heterocycles. The smallest absolute Gasteiger partial charge is 0.119 e. The number of ether oxygens (including phenoxy) is 2. The molecule has 1 rings (SSSR count). The molecule has 0 amide bonds. The van der Waals surface area contributed by atoms with Crippen LogP contribution in [0.5, 0.6) is 5.75 Å². The maximum atomic E-state index is 8.54. The molecule has 0 unspecified atom stereocenters. The van der Waals surface area contributed by atoms with Crippen LogP contribution in [0.15, 0.2) is 24.3 Å². The number of aliphatic hydroxyl groups excluding tert-OH is 1. The van der Waals surface area contributed by atoms with Crippen molar-refractivity contribution in [3.8, 4) is 5.75 Å². The van der Waals surface area contributed by atoms with Gasteiger partial charge in [0.05, 0.1) is 19.8 Å². The van der Waals surface area contributed by atoms with Gasteiger partial charge in [0.2, 0.25) is 0 Å². The highest BCUT2D eigenvalue weighted by Gasteiger charge is 1.96. The molecule has 0 saturated heterocycles. The maximum absolute atomic E-state index is 8.54. The second-order valence-corrected chi connectivity index (χ2v) is 4.29. The normalized spacial score (nSPS) is 10.6. The zero-order valence-corrected chi connectivity index (χ0v) is 11.2. The molecule has 0 saturated carbocycles. The van der Waals surface area contributed by atoms with Crippen molar-refractivity contribution in [2.45, 2.75) is 32.6 Å². The Labute approximate surface area is 110 Å². The highest BCUT2D eigenvalue weighted by atomic mass is 16.5. The Morgan fingerprint density at radius 2 is 1.78 bits per heavy atom. The first-order valence-corrected chi connectivity index (χ1v) is 6.77. The van der Waals surface area contributed by atoms with Gasteiger partial charge in [0.1, 0.15) is 12.4 Å². The van der Waals surface area contributed by atoms with Crippen LogP contribution in [0.25, 0.3) is 0 Å². The summed E-state index contributed by atoms with van der Waals surface area (Å²) < 4.78 is 10.6. The minimum atomic E-state index is 0.0620. The largest absolute Gasteiger partial charge is 0.491 e. The number of rotatable bonds is 10. The minimum Gasteiger partial charge on any atom is -0.491 e. The zero-order valence-electron chi connectivity index (χ0n) is 11.2. The van der Waals surface area contributed by atoms with E-state index in [0.29, 0.717) is 19.8 Å². The van der Waals surface area contributed by atoms with Crippen LogP contribution in [-0.2, 0) is 11.2 Å². The van der Waals surface area contributed by atoms with E-state index in [9.17, 15) is 0 Å². The Hall–Kier alpha value is -1.06. The molecule has 3 nitrogen and oxygen atoms in total. The van der Waals surface area contributed by atoms with Gasteiger partial charge in [-0.1, -0.05) is 31.9 Å². The second kappa shape index (κ2) is 9.92. The number of unbranched alkanes of at least 4 members (excludes halogenated alkanes) is 2. The van der Waals surface area contributed by atoms with E-state index in [-0.39, 0.29) is 6.61 Å². The highest BCUT2D eigenvalue weighted by molar-refractivity contribution is 5.27. The summed E-state index contributed by atoms with van der Waals surface area (Å²) in [5, 5.41) is 8.54. The molecule has 0 aromatic heterocycles. The maximum Gasteiger partial charge on any atom is 0.119 e. The summed E-state index contributed by atoms with van der Waals surface area (Å²) in [6.07, 6.45) is 4.95. The number of hydrogen-bond donors (Lipinski definition) is 1.